The highest BCUT2D eigenvalue weighted by molar-refractivity contribution is 9.10. The van der Waals surface area contributed by atoms with Crippen molar-refractivity contribution in [2.24, 2.45) is 5.10 Å². The number of rotatable bonds is 3. The first-order valence-electron chi connectivity index (χ1n) is 5.53. The van der Waals surface area contributed by atoms with Crippen LogP contribution in [0.15, 0.2) is 27.1 Å². The molecule has 0 saturated heterocycles. The molecule has 2 aromatic rings. The molecule has 0 aliphatic carbocycles. The molecule has 0 spiro atoms. The van der Waals surface area contributed by atoms with Crippen LogP contribution in [-0.4, -0.2) is 18.0 Å². The molecule has 0 bridgehead atoms. The highest BCUT2D eigenvalue weighted by Gasteiger charge is 2.17. The maximum absolute atomic E-state index is 5.34. The van der Waals surface area contributed by atoms with E-state index in [1.54, 1.807) is 6.21 Å². The fourth-order valence-electron chi connectivity index (χ4n) is 1.63. The summed E-state index contributed by atoms with van der Waals surface area (Å²) >= 11 is 4.96. The second-order valence-corrected chi connectivity index (χ2v) is 5.61. The minimum Gasteiger partial charge on any atom is -0.454 e. The normalized spacial score (nSPS) is 13.2. The summed E-state index contributed by atoms with van der Waals surface area (Å²) in [5, 5.41) is 6.89. The Morgan fingerprint density at radius 1 is 1.47 bits per heavy atom. The Kier molecular flexibility index (Phi) is 3.39. The van der Waals surface area contributed by atoms with Gasteiger partial charge in [-0.15, -0.1) is 11.3 Å². The van der Waals surface area contributed by atoms with Crippen LogP contribution in [-0.2, 0) is 0 Å². The van der Waals surface area contributed by atoms with E-state index in [1.165, 1.54) is 11.3 Å². The molecule has 98 valence electrons. The quantitative estimate of drug-likeness (QED) is 0.687. The van der Waals surface area contributed by atoms with Gasteiger partial charge in [0.15, 0.2) is 11.5 Å². The first-order chi connectivity index (χ1) is 9.22. The number of ether oxygens (including phenoxy) is 2. The topological polar surface area (TPSA) is 55.7 Å². The van der Waals surface area contributed by atoms with Gasteiger partial charge in [-0.1, -0.05) is 0 Å². The van der Waals surface area contributed by atoms with Crippen LogP contribution in [0.3, 0.4) is 0 Å². The molecule has 1 aromatic carbocycles. The van der Waals surface area contributed by atoms with Crippen LogP contribution < -0.4 is 14.9 Å². The number of nitrogens with zero attached hydrogens (tertiary/aromatic N) is 2. The van der Waals surface area contributed by atoms with E-state index in [-0.39, 0.29) is 6.79 Å². The second kappa shape index (κ2) is 5.18. The zero-order valence-corrected chi connectivity index (χ0v) is 12.4. The monoisotopic (exact) mass is 339 g/mol. The predicted molar refractivity (Wildman–Crippen MR) is 78.3 cm³/mol. The fourth-order valence-corrected chi connectivity index (χ4v) is 2.84. The Labute approximate surface area is 122 Å². The van der Waals surface area contributed by atoms with Crippen LogP contribution in [0.2, 0.25) is 0 Å². The van der Waals surface area contributed by atoms with Crippen molar-refractivity contribution in [2.45, 2.75) is 6.92 Å². The zero-order chi connectivity index (χ0) is 13.2. The van der Waals surface area contributed by atoms with Gasteiger partial charge < -0.3 is 9.47 Å². The lowest BCUT2D eigenvalue weighted by molar-refractivity contribution is 0.173. The highest BCUT2D eigenvalue weighted by Crippen LogP contribution is 2.39. The lowest BCUT2D eigenvalue weighted by Crippen LogP contribution is -1.93. The summed E-state index contributed by atoms with van der Waals surface area (Å²) in [6.07, 6.45) is 1.71. The van der Waals surface area contributed by atoms with Gasteiger partial charge in [-0.25, -0.2) is 4.98 Å². The smallest absolute Gasteiger partial charge is 0.231 e. The average Bonchev–Trinajstić information content (AvgIpc) is 2.98. The molecule has 3 rings (SSSR count). The highest BCUT2D eigenvalue weighted by atomic mass is 79.9. The minimum absolute atomic E-state index is 0.255. The van der Waals surface area contributed by atoms with E-state index >= 15 is 0 Å². The average molecular weight is 340 g/mol. The second-order valence-electron chi connectivity index (χ2n) is 3.90. The molecule has 0 fully saturated rings. The third-order valence-electron chi connectivity index (χ3n) is 2.44. The van der Waals surface area contributed by atoms with Crippen molar-refractivity contribution in [1.82, 2.24) is 4.98 Å². The summed E-state index contributed by atoms with van der Waals surface area (Å²) in [6.45, 7) is 2.20. The van der Waals surface area contributed by atoms with Crippen LogP contribution in [0.25, 0.3) is 0 Å². The number of hydrogen-bond donors (Lipinski definition) is 1. The Morgan fingerprint density at radius 2 is 2.37 bits per heavy atom. The molecule has 0 unspecified atom stereocenters. The number of hydrogen-bond acceptors (Lipinski definition) is 6. The first-order valence-corrected chi connectivity index (χ1v) is 7.20. The van der Waals surface area contributed by atoms with Crippen molar-refractivity contribution in [3.8, 4) is 11.5 Å². The molecule has 0 radical (unpaired) electrons. The fraction of sp³-hybridized carbons (Fsp3) is 0.167. The van der Waals surface area contributed by atoms with Crippen molar-refractivity contribution in [2.75, 3.05) is 12.2 Å². The van der Waals surface area contributed by atoms with Crippen LogP contribution in [0.4, 0.5) is 5.13 Å². The molecule has 2 heterocycles. The van der Waals surface area contributed by atoms with Gasteiger partial charge >= 0.3 is 0 Å². The Hall–Kier alpha value is -1.60. The van der Waals surface area contributed by atoms with Gasteiger partial charge in [0.25, 0.3) is 0 Å². The molecular weight excluding hydrogens is 330 g/mol. The summed E-state index contributed by atoms with van der Waals surface area (Å²) in [4.78, 5) is 4.26. The van der Waals surface area contributed by atoms with Gasteiger partial charge in [0, 0.05) is 5.38 Å². The third kappa shape index (κ3) is 2.71. The Morgan fingerprint density at radius 3 is 3.16 bits per heavy atom. The van der Waals surface area contributed by atoms with E-state index in [9.17, 15) is 0 Å². The molecule has 5 nitrogen and oxygen atoms in total. The van der Waals surface area contributed by atoms with Gasteiger partial charge in [0.2, 0.25) is 11.9 Å². The van der Waals surface area contributed by atoms with Crippen molar-refractivity contribution in [1.29, 1.82) is 0 Å². The van der Waals surface area contributed by atoms with Gasteiger partial charge in [0.1, 0.15) is 0 Å². The molecular formula is C12H10BrN3O2S. The van der Waals surface area contributed by atoms with E-state index in [0.717, 1.165) is 32.4 Å². The number of thiazole rings is 1. The number of anilines is 1. The van der Waals surface area contributed by atoms with Crippen molar-refractivity contribution in [3.05, 3.63) is 33.2 Å². The molecule has 1 aliphatic rings. The van der Waals surface area contributed by atoms with Crippen molar-refractivity contribution < 1.29 is 9.47 Å². The first kappa shape index (κ1) is 12.4. The molecule has 0 atom stereocenters. The summed E-state index contributed by atoms with van der Waals surface area (Å²) < 4.78 is 11.5. The van der Waals surface area contributed by atoms with Crippen LogP contribution in [0.1, 0.15) is 11.3 Å². The Bertz CT molecular complexity index is 642. The summed E-state index contributed by atoms with van der Waals surface area (Å²) in [5.74, 6) is 1.46. The number of aromatic nitrogens is 1. The van der Waals surface area contributed by atoms with Crippen molar-refractivity contribution in [3.63, 3.8) is 0 Å². The zero-order valence-electron chi connectivity index (χ0n) is 10.0. The summed E-state index contributed by atoms with van der Waals surface area (Å²) in [5.41, 5.74) is 4.78. The minimum atomic E-state index is 0.255. The summed E-state index contributed by atoms with van der Waals surface area (Å²) in [6, 6.07) is 3.80. The van der Waals surface area contributed by atoms with Gasteiger partial charge in [-0.05, 0) is 40.5 Å². The number of fused-ring (bicyclic) bond motifs is 1. The SMILES string of the molecule is Cc1csc(NN=Cc2cc(Br)c3c(c2)OCO3)n1. The summed E-state index contributed by atoms with van der Waals surface area (Å²) in [7, 11) is 0. The van der Waals surface area contributed by atoms with Gasteiger partial charge in [-0.3, -0.25) is 5.43 Å². The maximum Gasteiger partial charge on any atom is 0.231 e. The van der Waals surface area contributed by atoms with E-state index < -0.39 is 0 Å². The van der Waals surface area contributed by atoms with E-state index in [2.05, 4.69) is 31.4 Å². The number of halogens is 1. The van der Waals surface area contributed by atoms with Crippen molar-refractivity contribution >= 4 is 38.6 Å². The predicted octanol–water partition coefficient (Wildman–Crippen LogP) is 3.39. The van der Waals surface area contributed by atoms with Crippen LogP contribution >= 0.6 is 27.3 Å². The van der Waals surface area contributed by atoms with Gasteiger partial charge in [-0.2, -0.15) is 5.10 Å². The van der Waals surface area contributed by atoms with Gasteiger partial charge in [0.05, 0.1) is 16.4 Å². The maximum atomic E-state index is 5.34. The third-order valence-corrected chi connectivity index (χ3v) is 3.90. The van der Waals surface area contributed by atoms with E-state index in [1.807, 2.05) is 24.4 Å². The number of nitrogens with one attached hydrogen (secondary N) is 1. The van der Waals surface area contributed by atoms with E-state index in [4.69, 9.17) is 9.47 Å². The Balaban J connectivity index is 1.75. The van der Waals surface area contributed by atoms with E-state index in [0.29, 0.717) is 0 Å². The lowest BCUT2D eigenvalue weighted by atomic mass is 10.2. The molecule has 7 heteroatoms. The lowest BCUT2D eigenvalue weighted by Gasteiger charge is -2.01. The number of aryl methyl sites for hydroxylation is 1. The van der Waals surface area contributed by atoms with Crippen LogP contribution in [0, 0.1) is 6.92 Å². The molecule has 19 heavy (non-hydrogen) atoms. The molecule has 1 N–H and O–H groups in total. The number of benzene rings is 1. The van der Waals surface area contributed by atoms with Crippen LogP contribution in [0.5, 0.6) is 11.5 Å². The largest absolute Gasteiger partial charge is 0.454 e. The molecule has 1 aromatic heterocycles. The molecule has 0 saturated carbocycles. The number of hydrazone groups is 1. The molecule has 0 amide bonds. The standard InChI is InChI=1S/C12H10BrN3O2S/c1-7-5-19-12(15-7)16-14-4-8-2-9(13)11-10(3-8)17-6-18-11/h2-5H,6H2,1H3,(H,15,16). The molecule has 1 aliphatic heterocycles.